The van der Waals surface area contributed by atoms with Gasteiger partial charge in [-0.25, -0.2) is 4.79 Å². The summed E-state index contributed by atoms with van der Waals surface area (Å²) in [5, 5.41) is 0. The summed E-state index contributed by atoms with van der Waals surface area (Å²) >= 11 is 0. The monoisotopic (exact) mass is 235 g/mol. The van der Waals surface area contributed by atoms with E-state index in [-0.39, 0.29) is 23.8 Å². The van der Waals surface area contributed by atoms with Crippen LogP contribution in [0.2, 0.25) is 0 Å². The molecule has 0 fully saturated rings. The lowest BCUT2D eigenvalue weighted by atomic mass is 9.99. The SMILES string of the molecule is C=C(C(=O)OCC(C)(C)C)[N+](C)(C)C.[Cl-]. The van der Waals surface area contributed by atoms with Crippen LogP contribution >= 0.6 is 0 Å². The van der Waals surface area contributed by atoms with Crippen molar-refractivity contribution in [1.82, 2.24) is 0 Å². The molecule has 0 aliphatic heterocycles. The first-order chi connectivity index (χ1) is 6.04. The van der Waals surface area contributed by atoms with Gasteiger partial charge in [0.2, 0.25) is 5.70 Å². The van der Waals surface area contributed by atoms with Crippen molar-refractivity contribution in [3.8, 4) is 0 Å². The Morgan fingerprint density at radius 1 is 1.27 bits per heavy atom. The quantitative estimate of drug-likeness (QED) is 0.349. The second-order valence-corrected chi connectivity index (χ2v) is 5.60. The summed E-state index contributed by atoms with van der Waals surface area (Å²) < 4.78 is 5.55. The maximum atomic E-state index is 11.5. The van der Waals surface area contributed by atoms with Crippen LogP contribution in [0, 0.1) is 5.41 Å². The molecule has 90 valence electrons. The highest BCUT2D eigenvalue weighted by molar-refractivity contribution is 5.85. The first-order valence-electron chi connectivity index (χ1n) is 4.72. The second kappa shape index (κ2) is 5.52. The van der Waals surface area contributed by atoms with Gasteiger partial charge in [-0.2, -0.15) is 0 Å². The Kier molecular flexibility index (Phi) is 6.21. The van der Waals surface area contributed by atoms with Crippen LogP contribution in [0.15, 0.2) is 12.3 Å². The molecule has 0 saturated heterocycles. The van der Waals surface area contributed by atoms with Gasteiger partial charge in [0.05, 0.1) is 27.7 Å². The highest BCUT2D eigenvalue weighted by atomic mass is 35.5. The summed E-state index contributed by atoms with van der Waals surface area (Å²) in [6.45, 7) is 10.2. The molecule has 0 heterocycles. The first kappa shape index (κ1) is 16.9. The van der Waals surface area contributed by atoms with Gasteiger partial charge in [0.1, 0.15) is 0 Å². The minimum absolute atomic E-state index is 0. The summed E-state index contributed by atoms with van der Waals surface area (Å²) in [6.07, 6.45) is 0. The van der Waals surface area contributed by atoms with Crippen LogP contribution in [0.5, 0.6) is 0 Å². The zero-order valence-electron chi connectivity index (χ0n) is 10.6. The Morgan fingerprint density at radius 2 is 1.67 bits per heavy atom. The maximum Gasteiger partial charge on any atom is 0.392 e. The number of hydrogen-bond donors (Lipinski definition) is 0. The van der Waals surface area contributed by atoms with Gasteiger partial charge in [-0.15, -0.1) is 0 Å². The summed E-state index contributed by atoms with van der Waals surface area (Å²) in [7, 11) is 5.67. The molecular formula is C11H22ClNO2. The Bertz CT molecular complexity index is 236. The number of nitrogens with zero attached hydrogens (tertiary/aromatic N) is 1. The normalized spacial score (nSPS) is 11.6. The van der Waals surface area contributed by atoms with Gasteiger partial charge < -0.3 is 17.1 Å². The van der Waals surface area contributed by atoms with E-state index in [0.29, 0.717) is 16.8 Å². The summed E-state index contributed by atoms with van der Waals surface area (Å²) in [4.78, 5) is 11.5. The lowest BCUT2D eigenvalue weighted by Gasteiger charge is -2.25. The van der Waals surface area contributed by atoms with Crippen LogP contribution in [0.1, 0.15) is 20.8 Å². The summed E-state index contributed by atoms with van der Waals surface area (Å²) in [6, 6.07) is 0. The second-order valence-electron chi connectivity index (χ2n) is 5.60. The van der Waals surface area contributed by atoms with Crippen molar-refractivity contribution in [2.24, 2.45) is 5.41 Å². The minimum Gasteiger partial charge on any atom is -1.00 e. The van der Waals surface area contributed by atoms with Crippen LogP contribution in [-0.2, 0) is 9.53 Å². The third-order valence-corrected chi connectivity index (χ3v) is 1.68. The molecule has 4 heteroatoms. The Hall–Kier alpha value is -0.540. The minimum atomic E-state index is -0.313. The van der Waals surface area contributed by atoms with E-state index in [1.807, 2.05) is 41.9 Å². The fourth-order valence-electron chi connectivity index (χ4n) is 0.639. The molecule has 0 saturated carbocycles. The molecule has 0 aromatic carbocycles. The number of carbonyl (C=O) groups excluding carboxylic acids is 1. The number of rotatable bonds is 3. The molecule has 0 N–H and O–H groups in total. The summed E-state index contributed by atoms with van der Waals surface area (Å²) in [5.74, 6) is -0.313. The number of likely N-dealkylation sites (N-methyl/N-ethyl adjacent to an activating group) is 1. The van der Waals surface area contributed by atoms with E-state index in [2.05, 4.69) is 6.58 Å². The smallest absolute Gasteiger partial charge is 0.392 e. The van der Waals surface area contributed by atoms with Crippen LogP contribution < -0.4 is 12.4 Å². The van der Waals surface area contributed by atoms with Crippen molar-refractivity contribution < 1.29 is 26.4 Å². The highest BCUT2D eigenvalue weighted by Gasteiger charge is 2.24. The largest absolute Gasteiger partial charge is 1.00 e. The van der Waals surface area contributed by atoms with E-state index in [9.17, 15) is 4.79 Å². The average Bonchev–Trinajstić information content (AvgIpc) is 1.95. The van der Waals surface area contributed by atoms with E-state index in [0.717, 1.165) is 0 Å². The van der Waals surface area contributed by atoms with Gasteiger partial charge in [0.15, 0.2) is 0 Å². The Labute approximate surface area is 99.1 Å². The maximum absolute atomic E-state index is 11.5. The number of carbonyl (C=O) groups is 1. The summed E-state index contributed by atoms with van der Waals surface area (Å²) in [5.41, 5.74) is 0.468. The van der Waals surface area contributed by atoms with E-state index >= 15 is 0 Å². The average molecular weight is 236 g/mol. The van der Waals surface area contributed by atoms with Gasteiger partial charge in [-0.1, -0.05) is 20.8 Å². The molecule has 0 aromatic rings. The predicted molar refractivity (Wildman–Crippen MR) is 57.6 cm³/mol. The van der Waals surface area contributed by atoms with E-state index in [4.69, 9.17) is 4.74 Å². The van der Waals surface area contributed by atoms with Crippen molar-refractivity contribution in [2.75, 3.05) is 27.7 Å². The van der Waals surface area contributed by atoms with E-state index in [1.165, 1.54) is 0 Å². The van der Waals surface area contributed by atoms with Gasteiger partial charge in [0, 0.05) is 0 Å². The van der Waals surface area contributed by atoms with Crippen molar-refractivity contribution in [2.45, 2.75) is 20.8 Å². The molecule has 0 bridgehead atoms. The van der Waals surface area contributed by atoms with Crippen LogP contribution in [0.3, 0.4) is 0 Å². The first-order valence-corrected chi connectivity index (χ1v) is 4.72. The fourth-order valence-corrected chi connectivity index (χ4v) is 0.639. The van der Waals surface area contributed by atoms with Gasteiger partial charge in [-0.05, 0) is 12.0 Å². The highest BCUT2D eigenvalue weighted by Crippen LogP contribution is 2.15. The molecule has 0 rings (SSSR count). The Balaban J connectivity index is 0. The molecule has 0 unspecified atom stereocenters. The number of halogens is 1. The lowest BCUT2D eigenvalue weighted by Crippen LogP contribution is -3.00. The van der Waals surface area contributed by atoms with Crippen molar-refractivity contribution in [1.29, 1.82) is 0 Å². The molecule has 0 aromatic heterocycles. The van der Waals surface area contributed by atoms with Crippen LogP contribution in [0.25, 0.3) is 0 Å². The van der Waals surface area contributed by atoms with Crippen molar-refractivity contribution in [3.05, 3.63) is 12.3 Å². The van der Waals surface area contributed by atoms with Crippen molar-refractivity contribution >= 4 is 5.97 Å². The molecule has 0 aliphatic carbocycles. The molecule has 0 aliphatic rings. The van der Waals surface area contributed by atoms with E-state index in [1.54, 1.807) is 0 Å². The molecule has 0 spiro atoms. The van der Waals surface area contributed by atoms with Gasteiger partial charge in [-0.3, -0.25) is 4.48 Å². The zero-order valence-corrected chi connectivity index (χ0v) is 11.3. The fraction of sp³-hybridized carbons (Fsp3) is 0.727. The number of ether oxygens (including phenoxy) is 1. The lowest BCUT2D eigenvalue weighted by molar-refractivity contribution is -0.826. The third-order valence-electron chi connectivity index (χ3n) is 1.68. The molecular weight excluding hydrogens is 214 g/mol. The zero-order chi connectivity index (χ0) is 11.6. The van der Waals surface area contributed by atoms with Crippen molar-refractivity contribution in [3.63, 3.8) is 0 Å². The predicted octanol–water partition coefficient (Wildman–Crippen LogP) is -1.20. The standard InChI is InChI=1S/C11H22NO2.ClH/c1-9(12(5,6)7)10(13)14-8-11(2,3)4;/h1,8H2,2-7H3;1H/q+1;/p-1. The molecule has 0 radical (unpaired) electrons. The number of hydrogen-bond acceptors (Lipinski definition) is 2. The molecule has 15 heavy (non-hydrogen) atoms. The third kappa shape index (κ3) is 7.40. The molecule has 0 amide bonds. The molecule has 3 nitrogen and oxygen atoms in total. The molecule has 0 atom stereocenters. The Morgan fingerprint density at radius 3 is 1.93 bits per heavy atom. The van der Waals surface area contributed by atoms with Crippen LogP contribution in [0.4, 0.5) is 0 Å². The van der Waals surface area contributed by atoms with Gasteiger partial charge >= 0.3 is 5.97 Å². The van der Waals surface area contributed by atoms with Crippen LogP contribution in [-0.4, -0.2) is 38.2 Å². The number of quaternary nitrogens is 1. The topological polar surface area (TPSA) is 26.3 Å². The van der Waals surface area contributed by atoms with Gasteiger partial charge in [0.25, 0.3) is 0 Å². The van der Waals surface area contributed by atoms with E-state index < -0.39 is 0 Å². The number of esters is 1.